The Morgan fingerprint density at radius 3 is 2.39 bits per heavy atom. The molecule has 6 heteroatoms. The smallest absolute Gasteiger partial charge is 0.293 e. The van der Waals surface area contributed by atoms with Gasteiger partial charge in [-0.1, -0.05) is 30.3 Å². The molecule has 1 heterocycles. The van der Waals surface area contributed by atoms with Crippen LogP contribution in [0, 0.1) is 0 Å². The van der Waals surface area contributed by atoms with E-state index < -0.39 is 30.3 Å². The Morgan fingerprint density at radius 1 is 1.26 bits per heavy atom. The number of amides is 1. The third-order valence-electron chi connectivity index (χ3n) is 3.46. The number of benzene rings is 1. The Bertz CT molecular complexity index is 591. The first kappa shape index (κ1) is 17.3. The van der Waals surface area contributed by atoms with Gasteiger partial charge in [-0.15, -0.1) is 0 Å². The summed E-state index contributed by atoms with van der Waals surface area (Å²) < 4.78 is 5.56. The van der Waals surface area contributed by atoms with Gasteiger partial charge in [0, 0.05) is 6.54 Å². The summed E-state index contributed by atoms with van der Waals surface area (Å²) in [5.74, 6) is -1.02. The fourth-order valence-electron chi connectivity index (χ4n) is 2.49. The standard InChI is InChI=1S/C17H23NO5/c1-17(2,3)23-15-14(21)13(12(20)10-19)18(16(15)22)9-11-7-5-4-6-8-11/h4-8,12-13,19-21H,9-10H2,1-3H3/t12-,13+/m1/s1. The van der Waals surface area contributed by atoms with Gasteiger partial charge in [0.05, 0.1) is 6.61 Å². The molecule has 0 fully saturated rings. The molecule has 1 amide bonds. The van der Waals surface area contributed by atoms with Crippen molar-refractivity contribution in [1.82, 2.24) is 4.90 Å². The van der Waals surface area contributed by atoms with Gasteiger partial charge in [0.2, 0.25) is 5.76 Å². The fraction of sp³-hybridized carbons (Fsp3) is 0.471. The topological polar surface area (TPSA) is 90.2 Å². The highest BCUT2D eigenvalue weighted by Crippen LogP contribution is 2.31. The number of carbonyl (C=O) groups excluding carboxylic acids is 1. The van der Waals surface area contributed by atoms with Gasteiger partial charge in [-0.3, -0.25) is 4.79 Å². The van der Waals surface area contributed by atoms with Crippen LogP contribution in [0.3, 0.4) is 0 Å². The molecular weight excluding hydrogens is 298 g/mol. The summed E-state index contributed by atoms with van der Waals surface area (Å²) in [6.07, 6.45) is -1.29. The van der Waals surface area contributed by atoms with Crippen LogP contribution in [-0.4, -0.2) is 50.5 Å². The Balaban J connectivity index is 2.32. The van der Waals surface area contributed by atoms with E-state index in [2.05, 4.69) is 0 Å². The summed E-state index contributed by atoms with van der Waals surface area (Å²) in [5.41, 5.74) is 0.178. The summed E-state index contributed by atoms with van der Waals surface area (Å²) in [6, 6.07) is 8.20. The van der Waals surface area contributed by atoms with Crippen molar-refractivity contribution in [2.45, 2.75) is 45.1 Å². The zero-order chi connectivity index (χ0) is 17.2. The van der Waals surface area contributed by atoms with Crippen molar-refractivity contribution in [1.29, 1.82) is 0 Å². The van der Waals surface area contributed by atoms with Crippen molar-refractivity contribution >= 4 is 5.91 Å². The number of aliphatic hydroxyl groups excluding tert-OH is 3. The third-order valence-corrected chi connectivity index (χ3v) is 3.46. The molecule has 1 aliphatic heterocycles. The molecule has 0 saturated heterocycles. The first-order chi connectivity index (χ1) is 10.7. The highest BCUT2D eigenvalue weighted by molar-refractivity contribution is 5.95. The van der Waals surface area contributed by atoms with E-state index in [0.29, 0.717) is 0 Å². The minimum absolute atomic E-state index is 0.175. The molecule has 0 radical (unpaired) electrons. The van der Waals surface area contributed by atoms with Gasteiger partial charge in [-0.25, -0.2) is 0 Å². The van der Waals surface area contributed by atoms with Gasteiger partial charge >= 0.3 is 0 Å². The molecule has 0 spiro atoms. The molecule has 6 nitrogen and oxygen atoms in total. The molecule has 0 aliphatic carbocycles. The van der Waals surface area contributed by atoms with Crippen molar-refractivity contribution in [3.63, 3.8) is 0 Å². The van der Waals surface area contributed by atoms with Crippen molar-refractivity contribution in [3.8, 4) is 0 Å². The highest BCUT2D eigenvalue weighted by Gasteiger charge is 2.45. The van der Waals surface area contributed by atoms with Crippen molar-refractivity contribution in [3.05, 3.63) is 47.4 Å². The molecule has 0 saturated carbocycles. The molecule has 23 heavy (non-hydrogen) atoms. The van der Waals surface area contributed by atoms with E-state index in [4.69, 9.17) is 4.74 Å². The molecule has 2 rings (SSSR count). The predicted molar refractivity (Wildman–Crippen MR) is 84.4 cm³/mol. The van der Waals surface area contributed by atoms with Gasteiger partial charge in [0.15, 0.2) is 5.76 Å². The zero-order valence-corrected chi connectivity index (χ0v) is 13.6. The van der Waals surface area contributed by atoms with Gasteiger partial charge in [0.1, 0.15) is 17.7 Å². The van der Waals surface area contributed by atoms with Crippen LogP contribution in [0.15, 0.2) is 41.9 Å². The average molecular weight is 321 g/mol. The SMILES string of the molecule is CC(C)(C)OC1=C(O)[C@H]([C@H](O)CO)N(Cc2ccccc2)C1=O. The van der Waals surface area contributed by atoms with Crippen LogP contribution in [0.1, 0.15) is 26.3 Å². The van der Waals surface area contributed by atoms with Crippen molar-refractivity contribution in [2.75, 3.05) is 6.61 Å². The highest BCUT2D eigenvalue weighted by atomic mass is 16.5. The number of nitrogens with zero attached hydrogens (tertiary/aromatic N) is 1. The van der Waals surface area contributed by atoms with E-state index in [9.17, 15) is 20.1 Å². The summed E-state index contributed by atoms with van der Waals surface area (Å²) in [6.45, 7) is 4.91. The first-order valence-electron chi connectivity index (χ1n) is 7.50. The van der Waals surface area contributed by atoms with Crippen molar-refractivity contribution < 1.29 is 24.9 Å². The number of rotatable bonds is 5. The Labute approximate surface area is 135 Å². The van der Waals surface area contributed by atoms with Crippen LogP contribution < -0.4 is 0 Å². The molecular formula is C17H23NO5. The molecule has 0 aromatic heterocycles. The van der Waals surface area contributed by atoms with Crippen molar-refractivity contribution in [2.24, 2.45) is 0 Å². The van der Waals surface area contributed by atoms with Gasteiger partial charge < -0.3 is 25.0 Å². The van der Waals surface area contributed by atoms with Crippen LogP contribution >= 0.6 is 0 Å². The lowest BCUT2D eigenvalue weighted by atomic mass is 10.1. The molecule has 1 aromatic rings. The third kappa shape index (κ3) is 3.83. The molecule has 2 atom stereocenters. The van der Waals surface area contributed by atoms with E-state index in [1.165, 1.54) is 4.90 Å². The minimum atomic E-state index is -1.29. The van der Waals surface area contributed by atoms with E-state index in [1.807, 2.05) is 30.3 Å². The number of aliphatic hydroxyl groups is 3. The molecule has 0 bridgehead atoms. The Kier molecular flexibility index (Phi) is 4.97. The molecule has 1 aliphatic rings. The van der Waals surface area contributed by atoms with Crippen LogP contribution in [-0.2, 0) is 16.1 Å². The monoisotopic (exact) mass is 321 g/mol. The van der Waals surface area contributed by atoms with Gasteiger partial charge in [0.25, 0.3) is 5.91 Å². The second-order valence-corrected chi connectivity index (χ2v) is 6.54. The van der Waals surface area contributed by atoms with Crippen LogP contribution in [0.4, 0.5) is 0 Å². The molecule has 0 unspecified atom stereocenters. The lowest BCUT2D eigenvalue weighted by Gasteiger charge is -2.28. The summed E-state index contributed by atoms with van der Waals surface area (Å²) in [7, 11) is 0. The number of ether oxygens (including phenoxy) is 1. The number of carbonyl (C=O) groups is 1. The van der Waals surface area contributed by atoms with E-state index >= 15 is 0 Å². The normalized spacial score (nSPS) is 20.1. The molecule has 1 aromatic carbocycles. The minimum Gasteiger partial charge on any atom is -0.506 e. The summed E-state index contributed by atoms with van der Waals surface area (Å²) in [5, 5.41) is 29.6. The number of hydrogen-bond acceptors (Lipinski definition) is 5. The van der Waals surface area contributed by atoms with Gasteiger partial charge in [-0.05, 0) is 26.3 Å². The lowest BCUT2D eigenvalue weighted by Crippen LogP contribution is -2.44. The maximum absolute atomic E-state index is 12.6. The van der Waals surface area contributed by atoms with Gasteiger partial charge in [-0.2, -0.15) is 0 Å². The average Bonchev–Trinajstić information content (AvgIpc) is 2.71. The molecule has 3 N–H and O–H groups in total. The Morgan fingerprint density at radius 2 is 1.87 bits per heavy atom. The van der Waals surface area contributed by atoms with Crippen LogP contribution in [0.2, 0.25) is 0 Å². The summed E-state index contributed by atoms with van der Waals surface area (Å²) in [4.78, 5) is 13.9. The lowest BCUT2D eigenvalue weighted by molar-refractivity contribution is -0.135. The van der Waals surface area contributed by atoms with Crippen LogP contribution in [0.5, 0.6) is 0 Å². The summed E-state index contributed by atoms with van der Waals surface area (Å²) >= 11 is 0. The molecule has 126 valence electrons. The second kappa shape index (κ2) is 6.60. The maximum atomic E-state index is 12.6. The number of hydrogen-bond donors (Lipinski definition) is 3. The predicted octanol–water partition coefficient (Wildman–Crippen LogP) is 1.34. The van der Waals surface area contributed by atoms with E-state index in [1.54, 1.807) is 20.8 Å². The largest absolute Gasteiger partial charge is 0.506 e. The quantitative estimate of drug-likeness (QED) is 0.761. The Hall–Kier alpha value is -2.05. The second-order valence-electron chi connectivity index (χ2n) is 6.54. The maximum Gasteiger partial charge on any atom is 0.293 e. The van der Waals surface area contributed by atoms with E-state index in [-0.39, 0.29) is 18.1 Å². The zero-order valence-electron chi connectivity index (χ0n) is 13.6. The fourth-order valence-corrected chi connectivity index (χ4v) is 2.49. The van der Waals surface area contributed by atoms with Crippen LogP contribution in [0.25, 0.3) is 0 Å². The first-order valence-corrected chi connectivity index (χ1v) is 7.50. The van der Waals surface area contributed by atoms with E-state index in [0.717, 1.165) is 5.56 Å².